The molecule has 1 aromatic heterocycles. The van der Waals surface area contributed by atoms with Crippen molar-refractivity contribution in [2.24, 2.45) is 5.73 Å². The highest BCUT2D eigenvalue weighted by Gasteiger charge is 2.18. The van der Waals surface area contributed by atoms with Gasteiger partial charge in [-0.2, -0.15) is 0 Å². The fraction of sp³-hybridized carbons (Fsp3) is 0.333. The predicted octanol–water partition coefficient (Wildman–Crippen LogP) is 1.96. The van der Waals surface area contributed by atoms with Gasteiger partial charge in [-0.25, -0.2) is 13.1 Å². The third-order valence-corrected chi connectivity index (χ3v) is 4.88. The lowest BCUT2D eigenvalue weighted by atomic mass is 10.1. The van der Waals surface area contributed by atoms with Gasteiger partial charge in [0.2, 0.25) is 10.0 Å². The first-order chi connectivity index (χ1) is 9.92. The molecule has 0 fully saturated rings. The highest BCUT2D eigenvalue weighted by Crippen LogP contribution is 2.16. The van der Waals surface area contributed by atoms with E-state index in [1.165, 1.54) is 0 Å². The van der Waals surface area contributed by atoms with Gasteiger partial charge in [0.25, 0.3) is 0 Å². The normalized spacial score (nSPS) is 13.3. The zero-order valence-electron chi connectivity index (χ0n) is 12.2. The maximum atomic E-state index is 12.3. The van der Waals surface area contributed by atoms with Crippen LogP contribution >= 0.6 is 0 Å². The van der Waals surface area contributed by atoms with E-state index in [1.54, 1.807) is 37.5 Å². The largest absolute Gasteiger partial charge is 0.469 e. The molecule has 114 valence electrons. The molecule has 1 heterocycles. The summed E-state index contributed by atoms with van der Waals surface area (Å²) in [5.74, 6) is 0.750. The summed E-state index contributed by atoms with van der Waals surface area (Å²) in [5.41, 5.74) is 7.41. The van der Waals surface area contributed by atoms with E-state index in [9.17, 15) is 8.42 Å². The molecule has 5 nitrogen and oxygen atoms in total. The van der Waals surface area contributed by atoms with Crippen molar-refractivity contribution in [1.82, 2.24) is 4.72 Å². The number of nitrogens with two attached hydrogens (primary N) is 1. The standard InChI is InChI=1S/C15H20N2O3S/c1-11-8-15(6-5-13(11)10-16)21(18,19)17-12(2)9-14-4-3-7-20-14/h3-8,12,17H,9-10,16H2,1-2H3. The summed E-state index contributed by atoms with van der Waals surface area (Å²) >= 11 is 0. The van der Waals surface area contributed by atoms with Crippen LogP contribution in [-0.4, -0.2) is 14.5 Å². The summed E-state index contributed by atoms with van der Waals surface area (Å²) in [6.07, 6.45) is 2.08. The second-order valence-electron chi connectivity index (χ2n) is 5.10. The third kappa shape index (κ3) is 3.93. The number of rotatable bonds is 6. The van der Waals surface area contributed by atoms with Crippen LogP contribution in [0.5, 0.6) is 0 Å². The zero-order valence-corrected chi connectivity index (χ0v) is 13.0. The number of aryl methyl sites for hydroxylation is 1. The van der Waals surface area contributed by atoms with Crippen molar-refractivity contribution >= 4 is 10.0 Å². The van der Waals surface area contributed by atoms with E-state index in [0.29, 0.717) is 13.0 Å². The summed E-state index contributed by atoms with van der Waals surface area (Å²) in [6.45, 7) is 4.06. The van der Waals surface area contributed by atoms with Crippen LogP contribution in [0.15, 0.2) is 45.9 Å². The highest BCUT2D eigenvalue weighted by molar-refractivity contribution is 7.89. The van der Waals surface area contributed by atoms with E-state index in [-0.39, 0.29) is 10.9 Å². The molecule has 0 aliphatic rings. The van der Waals surface area contributed by atoms with Crippen molar-refractivity contribution in [3.05, 3.63) is 53.5 Å². The molecular weight excluding hydrogens is 288 g/mol. The average molecular weight is 308 g/mol. The zero-order chi connectivity index (χ0) is 15.5. The Morgan fingerprint density at radius 3 is 2.67 bits per heavy atom. The Bertz CT molecular complexity index is 694. The first-order valence-corrected chi connectivity index (χ1v) is 8.25. The van der Waals surface area contributed by atoms with Gasteiger partial charge in [0.15, 0.2) is 0 Å². The van der Waals surface area contributed by atoms with Crippen LogP contribution in [-0.2, 0) is 23.0 Å². The fourth-order valence-electron chi connectivity index (χ4n) is 2.17. The molecule has 0 radical (unpaired) electrons. The Kier molecular flexibility index (Phi) is 4.82. The molecule has 0 bridgehead atoms. The molecule has 0 saturated heterocycles. The van der Waals surface area contributed by atoms with Gasteiger partial charge >= 0.3 is 0 Å². The van der Waals surface area contributed by atoms with Crippen molar-refractivity contribution in [1.29, 1.82) is 0 Å². The van der Waals surface area contributed by atoms with Crippen molar-refractivity contribution in [2.75, 3.05) is 0 Å². The lowest BCUT2D eigenvalue weighted by Crippen LogP contribution is -2.34. The van der Waals surface area contributed by atoms with E-state index in [4.69, 9.17) is 10.2 Å². The van der Waals surface area contributed by atoms with E-state index in [0.717, 1.165) is 16.9 Å². The van der Waals surface area contributed by atoms with Crippen molar-refractivity contribution in [2.45, 2.75) is 37.8 Å². The minimum Gasteiger partial charge on any atom is -0.469 e. The summed E-state index contributed by atoms with van der Waals surface area (Å²) in [7, 11) is -3.54. The van der Waals surface area contributed by atoms with Crippen LogP contribution < -0.4 is 10.5 Å². The van der Waals surface area contributed by atoms with Gasteiger partial charge in [-0.3, -0.25) is 0 Å². The van der Waals surface area contributed by atoms with E-state index in [2.05, 4.69) is 4.72 Å². The molecule has 1 unspecified atom stereocenters. The van der Waals surface area contributed by atoms with Gasteiger partial charge in [0.05, 0.1) is 11.2 Å². The minimum absolute atomic E-state index is 0.253. The monoisotopic (exact) mass is 308 g/mol. The second kappa shape index (κ2) is 6.43. The summed E-state index contributed by atoms with van der Waals surface area (Å²) in [4.78, 5) is 0.253. The Morgan fingerprint density at radius 1 is 1.33 bits per heavy atom. The molecule has 21 heavy (non-hydrogen) atoms. The molecule has 6 heteroatoms. The van der Waals surface area contributed by atoms with Gasteiger partial charge < -0.3 is 10.2 Å². The maximum absolute atomic E-state index is 12.3. The van der Waals surface area contributed by atoms with Gasteiger partial charge in [0.1, 0.15) is 5.76 Å². The Balaban J connectivity index is 2.12. The molecule has 0 aliphatic heterocycles. The number of furan rings is 1. The number of hydrogen-bond acceptors (Lipinski definition) is 4. The van der Waals surface area contributed by atoms with Crippen molar-refractivity contribution in [3.8, 4) is 0 Å². The topological polar surface area (TPSA) is 85.3 Å². The number of hydrogen-bond donors (Lipinski definition) is 2. The summed E-state index contributed by atoms with van der Waals surface area (Å²) in [6, 6.07) is 8.33. The van der Waals surface area contributed by atoms with E-state index < -0.39 is 10.0 Å². The molecule has 0 spiro atoms. The van der Waals surface area contributed by atoms with Gasteiger partial charge in [0, 0.05) is 19.0 Å². The number of sulfonamides is 1. The number of nitrogens with one attached hydrogen (secondary N) is 1. The highest BCUT2D eigenvalue weighted by atomic mass is 32.2. The molecule has 0 saturated carbocycles. The number of benzene rings is 1. The SMILES string of the molecule is Cc1cc(S(=O)(=O)NC(C)Cc2ccco2)ccc1CN. The molecule has 2 aromatic rings. The molecule has 0 amide bonds. The Hall–Kier alpha value is -1.63. The minimum atomic E-state index is -3.54. The lowest BCUT2D eigenvalue weighted by molar-refractivity contribution is 0.479. The van der Waals surface area contributed by atoms with Gasteiger partial charge in [-0.05, 0) is 49.2 Å². The molecule has 0 aliphatic carbocycles. The predicted molar refractivity (Wildman–Crippen MR) is 81.3 cm³/mol. The first-order valence-electron chi connectivity index (χ1n) is 6.76. The van der Waals surface area contributed by atoms with E-state index >= 15 is 0 Å². The van der Waals surface area contributed by atoms with Crippen molar-refractivity contribution in [3.63, 3.8) is 0 Å². The average Bonchev–Trinajstić information content (AvgIpc) is 2.90. The quantitative estimate of drug-likeness (QED) is 0.854. The Morgan fingerprint density at radius 2 is 2.10 bits per heavy atom. The molecule has 3 N–H and O–H groups in total. The van der Waals surface area contributed by atoms with Crippen LogP contribution in [0.1, 0.15) is 23.8 Å². The van der Waals surface area contributed by atoms with Crippen LogP contribution in [0.2, 0.25) is 0 Å². The first kappa shape index (κ1) is 15.8. The van der Waals surface area contributed by atoms with Crippen molar-refractivity contribution < 1.29 is 12.8 Å². The van der Waals surface area contributed by atoms with Gasteiger partial charge in [-0.15, -0.1) is 0 Å². The van der Waals surface area contributed by atoms with Crippen LogP contribution in [0.4, 0.5) is 0 Å². The smallest absolute Gasteiger partial charge is 0.240 e. The second-order valence-corrected chi connectivity index (χ2v) is 6.81. The summed E-state index contributed by atoms with van der Waals surface area (Å²) in [5, 5.41) is 0. The van der Waals surface area contributed by atoms with Gasteiger partial charge in [-0.1, -0.05) is 6.07 Å². The maximum Gasteiger partial charge on any atom is 0.240 e. The molecule has 1 atom stereocenters. The molecular formula is C15H20N2O3S. The summed E-state index contributed by atoms with van der Waals surface area (Å²) < 4.78 is 32.6. The van der Waals surface area contributed by atoms with E-state index in [1.807, 2.05) is 13.0 Å². The third-order valence-electron chi connectivity index (χ3n) is 3.29. The van der Waals surface area contributed by atoms with Crippen LogP contribution in [0.3, 0.4) is 0 Å². The fourth-order valence-corrected chi connectivity index (χ4v) is 3.50. The molecule has 2 rings (SSSR count). The molecule has 1 aromatic carbocycles. The Labute approximate surface area is 125 Å². The van der Waals surface area contributed by atoms with Crippen LogP contribution in [0.25, 0.3) is 0 Å². The van der Waals surface area contributed by atoms with Crippen LogP contribution in [0, 0.1) is 6.92 Å². The lowest BCUT2D eigenvalue weighted by Gasteiger charge is -2.14.